The molecule has 1 aliphatic heterocycles. The summed E-state index contributed by atoms with van der Waals surface area (Å²) in [6.45, 7) is 2.75. The van der Waals surface area contributed by atoms with Crippen molar-refractivity contribution in [3.63, 3.8) is 0 Å². The number of carbonyl (C=O) groups excluding carboxylic acids is 1. The minimum atomic E-state index is -1.06. The summed E-state index contributed by atoms with van der Waals surface area (Å²) in [5.41, 5.74) is 1.35. The van der Waals surface area contributed by atoms with Gasteiger partial charge in [0.25, 0.3) is 5.91 Å². The van der Waals surface area contributed by atoms with Gasteiger partial charge in [-0.1, -0.05) is 36.4 Å². The number of aryl methyl sites for hydroxylation is 1. The summed E-state index contributed by atoms with van der Waals surface area (Å²) in [4.78, 5) is 26.5. The molecule has 3 aromatic rings. The van der Waals surface area contributed by atoms with E-state index in [9.17, 15) is 23.5 Å². The number of benzene rings is 2. The first-order valence-corrected chi connectivity index (χ1v) is 10.6. The van der Waals surface area contributed by atoms with Crippen molar-refractivity contribution in [3.8, 4) is 11.5 Å². The molecule has 9 heteroatoms. The van der Waals surface area contributed by atoms with Crippen LogP contribution in [0.5, 0.6) is 11.5 Å². The lowest BCUT2D eigenvalue weighted by Crippen LogP contribution is -2.53. The van der Waals surface area contributed by atoms with E-state index in [1.165, 1.54) is 34.0 Å². The highest BCUT2D eigenvalue weighted by molar-refractivity contribution is 5.96. The zero-order valence-electron chi connectivity index (χ0n) is 18.4. The van der Waals surface area contributed by atoms with Crippen molar-refractivity contribution >= 4 is 5.91 Å². The second kappa shape index (κ2) is 9.78. The molecular weight excluding hydrogens is 444 g/mol. The number of pyridine rings is 1. The number of aromatic nitrogens is 1. The standard InChI is InChI=1S/C25H23F2N3O4/c1-17-7-2-3-8-18(17)15-29-16-28(25(33)23-24(32)20(31)11-13-30(23)29)12-4-5-14-34-21-10-6-9-19(26)22(21)27/h2-11,13,32H,12,14-16H2,1H3/b5-4+. The van der Waals surface area contributed by atoms with Crippen molar-refractivity contribution in [2.24, 2.45) is 0 Å². The van der Waals surface area contributed by atoms with Gasteiger partial charge in [0.1, 0.15) is 13.3 Å². The Hall–Kier alpha value is -4.14. The van der Waals surface area contributed by atoms with Crippen LogP contribution in [-0.4, -0.2) is 40.4 Å². The summed E-state index contributed by atoms with van der Waals surface area (Å²) in [7, 11) is 0. The normalized spacial score (nSPS) is 13.4. The summed E-state index contributed by atoms with van der Waals surface area (Å²) < 4.78 is 33.7. The topological polar surface area (TPSA) is 75.0 Å². The van der Waals surface area contributed by atoms with Crippen molar-refractivity contribution in [1.82, 2.24) is 9.58 Å². The van der Waals surface area contributed by atoms with E-state index in [1.54, 1.807) is 12.2 Å². The van der Waals surface area contributed by atoms with Crippen LogP contribution in [0.2, 0.25) is 0 Å². The van der Waals surface area contributed by atoms with E-state index in [-0.39, 0.29) is 31.3 Å². The third kappa shape index (κ3) is 4.63. The van der Waals surface area contributed by atoms with Gasteiger partial charge >= 0.3 is 0 Å². The van der Waals surface area contributed by atoms with E-state index in [0.29, 0.717) is 6.54 Å². The summed E-state index contributed by atoms with van der Waals surface area (Å²) in [6.07, 6.45) is 4.70. The second-order valence-corrected chi connectivity index (χ2v) is 7.82. The molecule has 0 saturated carbocycles. The minimum absolute atomic E-state index is 0.0311. The van der Waals surface area contributed by atoms with Gasteiger partial charge in [0, 0.05) is 18.8 Å². The molecule has 0 bridgehead atoms. The number of carbonyl (C=O) groups is 1. The Morgan fingerprint density at radius 3 is 2.65 bits per heavy atom. The average molecular weight is 467 g/mol. The van der Waals surface area contributed by atoms with Gasteiger partial charge in [-0.2, -0.15) is 4.39 Å². The zero-order chi connectivity index (χ0) is 24.2. The van der Waals surface area contributed by atoms with Crippen LogP contribution in [0.1, 0.15) is 21.6 Å². The third-order valence-corrected chi connectivity index (χ3v) is 5.54. The number of hydrogen-bond donors (Lipinski definition) is 1. The van der Waals surface area contributed by atoms with Gasteiger partial charge in [0.05, 0.1) is 6.54 Å². The predicted molar refractivity (Wildman–Crippen MR) is 122 cm³/mol. The van der Waals surface area contributed by atoms with Crippen LogP contribution in [0.25, 0.3) is 0 Å². The van der Waals surface area contributed by atoms with Crippen LogP contribution in [0.4, 0.5) is 8.78 Å². The molecule has 1 aromatic heterocycles. The van der Waals surface area contributed by atoms with Gasteiger partial charge in [-0.15, -0.1) is 0 Å². The Kier molecular flexibility index (Phi) is 6.62. The molecule has 1 aliphatic rings. The van der Waals surface area contributed by atoms with Gasteiger partial charge in [0.2, 0.25) is 11.2 Å². The summed E-state index contributed by atoms with van der Waals surface area (Å²) in [5.74, 6) is -3.38. The van der Waals surface area contributed by atoms with Gasteiger partial charge in [0.15, 0.2) is 23.0 Å². The third-order valence-electron chi connectivity index (χ3n) is 5.54. The molecule has 1 amide bonds. The molecule has 0 spiro atoms. The van der Waals surface area contributed by atoms with E-state index in [1.807, 2.05) is 36.2 Å². The largest absolute Gasteiger partial charge is 0.502 e. The quantitative estimate of drug-likeness (QED) is 0.540. The summed E-state index contributed by atoms with van der Waals surface area (Å²) in [5, 5.41) is 12.2. The highest BCUT2D eigenvalue weighted by Crippen LogP contribution is 2.22. The zero-order valence-corrected chi connectivity index (χ0v) is 18.4. The molecule has 0 fully saturated rings. The van der Waals surface area contributed by atoms with Crippen LogP contribution in [0.15, 0.2) is 71.7 Å². The lowest BCUT2D eigenvalue weighted by atomic mass is 10.1. The van der Waals surface area contributed by atoms with Crippen LogP contribution < -0.4 is 15.2 Å². The fourth-order valence-corrected chi connectivity index (χ4v) is 3.69. The molecule has 0 atom stereocenters. The van der Waals surface area contributed by atoms with Gasteiger partial charge in [-0.25, -0.2) is 4.39 Å². The van der Waals surface area contributed by atoms with Crippen molar-refractivity contribution < 1.29 is 23.4 Å². The predicted octanol–water partition coefficient (Wildman–Crippen LogP) is 3.33. The Labute approximate surface area is 194 Å². The minimum Gasteiger partial charge on any atom is -0.502 e. The first-order valence-electron chi connectivity index (χ1n) is 10.6. The number of amides is 1. The van der Waals surface area contributed by atoms with E-state index < -0.39 is 28.7 Å². The second-order valence-electron chi connectivity index (χ2n) is 7.82. The monoisotopic (exact) mass is 467 g/mol. The van der Waals surface area contributed by atoms with E-state index in [2.05, 4.69) is 0 Å². The molecule has 0 aliphatic carbocycles. The highest BCUT2D eigenvalue weighted by atomic mass is 19.2. The molecule has 7 nitrogen and oxygen atoms in total. The SMILES string of the molecule is Cc1ccccc1CN1CN(C/C=C/COc2cccc(F)c2F)C(=O)c2c(O)c(=O)ccn21. The van der Waals surface area contributed by atoms with E-state index in [4.69, 9.17) is 4.74 Å². The molecule has 2 aromatic carbocycles. The molecule has 4 rings (SSSR count). The molecule has 0 saturated heterocycles. The number of aromatic hydroxyl groups is 1. The van der Waals surface area contributed by atoms with Crippen LogP contribution in [0, 0.1) is 18.6 Å². The number of nitrogens with zero attached hydrogens (tertiary/aromatic N) is 3. The molecule has 0 unspecified atom stereocenters. The highest BCUT2D eigenvalue weighted by Gasteiger charge is 2.31. The number of rotatable bonds is 7. The lowest BCUT2D eigenvalue weighted by molar-refractivity contribution is 0.0706. The maximum atomic E-state index is 13.7. The number of hydrogen-bond acceptors (Lipinski definition) is 5. The Morgan fingerprint density at radius 1 is 1.06 bits per heavy atom. The Morgan fingerprint density at radius 2 is 1.85 bits per heavy atom. The summed E-state index contributed by atoms with van der Waals surface area (Å²) >= 11 is 0. The molecule has 0 radical (unpaired) electrons. The maximum Gasteiger partial charge on any atom is 0.278 e. The van der Waals surface area contributed by atoms with Crippen molar-refractivity contribution in [2.75, 3.05) is 24.8 Å². The molecule has 1 N–H and O–H groups in total. The number of halogens is 2. The Bertz CT molecular complexity index is 1310. The molecular formula is C25H23F2N3O4. The molecule has 2 heterocycles. The first-order chi connectivity index (χ1) is 16.4. The average Bonchev–Trinajstić information content (AvgIpc) is 2.82. The van der Waals surface area contributed by atoms with Gasteiger partial charge in [-0.3, -0.25) is 19.3 Å². The van der Waals surface area contributed by atoms with E-state index >= 15 is 0 Å². The number of fused-ring (bicyclic) bond motifs is 1. The van der Waals surface area contributed by atoms with Crippen molar-refractivity contribution in [2.45, 2.75) is 13.5 Å². The fraction of sp³-hybridized carbons (Fsp3) is 0.200. The smallest absolute Gasteiger partial charge is 0.278 e. The first kappa shape index (κ1) is 23.0. The lowest BCUT2D eigenvalue weighted by Gasteiger charge is -2.39. The van der Waals surface area contributed by atoms with Gasteiger partial charge < -0.3 is 14.7 Å². The summed E-state index contributed by atoms with van der Waals surface area (Å²) in [6, 6.07) is 12.7. The molecule has 34 heavy (non-hydrogen) atoms. The number of ether oxygens (including phenoxy) is 1. The Balaban J connectivity index is 1.51. The van der Waals surface area contributed by atoms with Crippen molar-refractivity contribution in [3.05, 3.63) is 106 Å². The van der Waals surface area contributed by atoms with Crippen LogP contribution in [0.3, 0.4) is 0 Å². The van der Waals surface area contributed by atoms with Crippen LogP contribution in [-0.2, 0) is 6.54 Å². The molecule has 176 valence electrons. The van der Waals surface area contributed by atoms with E-state index in [0.717, 1.165) is 17.2 Å². The van der Waals surface area contributed by atoms with Crippen molar-refractivity contribution in [1.29, 1.82) is 0 Å². The fourth-order valence-electron chi connectivity index (χ4n) is 3.69. The maximum absolute atomic E-state index is 13.7. The van der Waals surface area contributed by atoms with Gasteiger partial charge in [-0.05, 0) is 36.3 Å². The van der Waals surface area contributed by atoms with Crippen LogP contribution >= 0.6 is 0 Å².